The molecule has 4 nitrogen and oxygen atoms in total. The van der Waals surface area contributed by atoms with Gasteiger partial charge in [-0.05, 0) is 18.3 Å². The van der Waals surface area contributed by atoms with Crippen LogP contribution in [0.5, 0.6) is 0 Å². The maximum absolute atomic E-state index is 5.67. The summed E-state index contributed by atoms with van der Waals surface area (Å²) in [6.07, 6.45) is 11.1. The van der Waals surface area contributed by atoms with Gasteiger partial charge in [0.05, 0.1) is 12.4 Å². The zero-order valence-corrected chi connectivity index (χ0v) is 13.3. The molecule has 4 heteroatoms. The summed E-state index contributed by atoms with van der Waals surface area (Å²) >= 11 is 0. The number of ether oxygens (including phenoxy) is 1. The van der Waals surface area contributed by atoms with Gasteiger partial charge in [-0.25, -0.2) is 4.98 Å². The molecule has 1 fully saturated rings. The standard InChI is InChI=1S/C16H29N3O/c1-16(2,3)15(11-19-10-9-17-12-19)18-13-7-5-6-8-14(13)20-4/h9-10,12-15,18H,5-8,11H2,1-4H3. The molecule has 114 valence electrons. The van der Waals surface area contributed by atoms with Gasteiger partial charge < -0.3 is 14.6 Å². The molecule has 1 aromatic rings. The molecule has 0 aliphatic heterocycles. The summed E-state index contributed by atoms with van der Waals surface area (Å²) in [6, 6.07) is 0.888. The van der Waals surface area contributed by atoms with Gasteiger partial charge in [0.2, 0.25) is 0 Å². The van der Waals surface area contributed by atoms with Gasteiger partial charge in [-0.2, -0.15) is 0 Å². The lowest BCUT2D eigenvalue weighted by atomic mass is 9.84. The van der Waals surface area contributed by atoms with Crippen LogP contribution in [0.4, 0.5) is 0 Å². The third-order valence-corrected chi connectivity index (χ3v) is 4.42. The van der Waals surface area contributed by atoms with Gasteiger partial charge in [-0.15, -0.1) is 0 Å². The first-order chi connectivity index (χ1) is 9.50. The van der Waals surface area contributed by atoms with Crippen molar-refractivity contribution >= 4 is 0 Å². The second kappa shape index (κ2) is 6.72. The third kappa shape index (κ3) is 4.06. The van der Waals surface area contributed by atoms with Crippen molar-refractivity contribution in [2.24, 2.45) is 5.41 Å². The van der Waals surface area contributed by atoms with Crippen LogP contribution in [-0.4, -0.2) is 34.8 Å². The SMILES string of the molecule is COC1CCCCC1NC(Cn1ccnc1)C(C)(C)C. The first-order valence-corrected chi connectivity index (χ1v) is 7.75. The van der Waals surface area contributed by atoms with Crippen LogP contribution in [0, 0.1) is 5.41 Å². The monoisotopic (exact) mass is 279 g/mol. The molecule has 1 heterocycles. The molecule has 1 aliphatic carbocycles. The van der Waals surface area contributed by atoms with Gasteiger partial charge in [0.1, 0.15) is 0 Å². The summed E-state index contributed by atoms with van der Waals surface area (Å²) in [4.78, 5) is 4.15. The van der Waals surface area contributed by atoms with Gasteiger partial charge in [0, 0.05) is 38.1 Å². The molecule has 0 aromatic carbocycles. The molecular formula is C16H29N3O. The number of rotatable bonds is 5. The zero-order chi connectivity index (χ0) is 14.6. The average Bonchev–Trinajstić information content (AvgIpc) is 2.90. The van der Waals surface area contributed by atoms with Crippen LogP contribution in [0.1, 0.15) is 46.5 Å². The van der Waals surface area contributed by atoms with E-state index in [0.29, 0.717) is 18.2 Å². The smallest absolute Gasteiger partial charge is 0.0946 e. The van der Waals surface area contributed by atoms with Crippen molar-refractivity contribution in [3.05, 3.63) is 18.7 Å². The molecule has 0 radical (unpaired) electrons. The van der Waals surface area contributed by atoms with Crippen LogP contribution in [0.3, 0.4) is 0 Å². The Balaban J connectivity index is 2.03. The van der Waals surface area contributed by atoms with Crippen molar-refractivity contribution < 1.29 is 4.74 Å². The Kier molecular flexibility index (Phi) is 5.22. The summed E-state index contributed by atoms with van der Waals surface area (Å²) in [7, 11) is 1.84. The number of hydrogen-bond donors (Lipinski definition) is 1. The van der Waals surface area contributed by atoms with E-state index in [1.165, 1.54) is 25.7 Å². The lowest BCUT2D eigenvalue weighted by molar-refractivity contribution is 0.0295. The first kappa shape index (κ1) is 15.5. The van der Waals surface area contributed by atoms with Crippen molar-refractivity contribution in [3.8, 4) is 0 Å². The van der Waals surface area contributed by atoms with E-state index >= 15 is 0 Å². The number of methoxy groups -OCH3 is 1. The van der Waals surface area contributed by atoms with Gasteiger partial charge in [0.25, 0.3) is 0 Å². The predicted molar refractivity (Wildman–Crippen MR) is 81.7 cm³/mol. The molecule has 1 saturated carbocycles. The number of imidazole rings is 1. The quantitative estimate of drug-likeness (QED) is 0.901. The molecule has 1 N–H and O–H groups in total. The Labute approximate surface area is 122 Å². The summed E-state index contributed by atoms with van der Waals surface area (Å²) in [5, 5.41) is 3.86. The van der Waals surface area contributed by atoms with Crippen molar-refractivity contribution in [1.29, 1.82) is 0 Å². The second-order valence-electron chi connectivity index (χ2n) is 7.01. The van der Waals surface area contributed by atoms with Gasteiger partial charge in [-0.3, -0.25) is 0 Å². The van der Waals surface area contributed by atoms with Crippen LogP contribution < -0.4 is 5.32 Å². The molecule has 3 unspecified atom stereocenters. The molecule has 1 aliphatic rings. The number of aromatic nitrogens is 2. The lowest BCUT2D eigenvalue weighted by Gasteiger charge is -2.39. The van der Waals surface area contributed by atoms with Gasteiger partial charge in [0.15, 0.2) is 0 Å². The van der Waals surface area contributed by atoms with Crippen LogP contribution in [0.25, 0.3) is 0 Å². The number of nitrogens with one attached hydrogen (secondary N) is 1. The molecule has 0 spiro atoms. The predicted octanol–water partition coefficient (Wildman–Crippen LogP) is 2.85. The Morgan fingerprint density at radius 2 is 2.10 bits per heavy atom. The minimum Gasteiger partial charge on any atom is -0.380 e. The molecule has 20 heavy (non-hydrogen) atoms. The minimum absolute atomic E-state index is 0.208. The highest BCUT2D eigenvalue weighted by Crippen LogP contribution is 2.26. The van der Waals surface area contributed by atoms with E-state index in [-0.39, 0.29) is 5.41 Å². The molecular weight excluding hydrogens is 250 g/mol. The van der Waals surface area contributed by atoms with Crippen molar-refractivity contribution in [2.45, 2.75) is 71.2 Å². The Hall–Kier alpha value is -0.870. The molecule has 0 saturated heterocycles. The Bertz CT molecular complexity index is 383. The molecule has 3 atom stereocenters. The largest absolute Gasteiger partial charge is 0.380 e. The first-order valence-electron chi connectivity index (χ1n) is 7.75. The lowest BCUT2D eigenvalue weighted by Crippen LogP contribution is -2.53. The highest BCUT2D eigenvalue weighted by molar-refractivity contribution is 4.90. The fourth-order valence-electron chi connectivity index (χ4n) is 3.01. The van der Waals surface area contributed by atoms with Crippen LogP contribution in [0.15, 0.2) is 18.7 Å². The normalized spacial score (nSPS) is 25.6. The van der Waals surface area contributed by atoms with Crippen molar-refractivity contribution in [1.82, 2.24) is 14.9 Å². The van der Waals surface area contributed by atoms with E-state index in [9.17, 15) is 0 Å². The Morgan fingerprint density at radius 3 is 2.70 bits per heavy atom. The number of hydrogen-bond acceptors (Lipinski definition) is 3. The van der Waals surface area contributed by atoms with E-state index < -0.39 is 0 Å². The van der Waals surface area contributed by atoms with E-state index in [4.69, 9.17) is 4.74 Å². The fraction of sp³-hybridized carbons (Fsp3) is 0.812. The molecule has 2 rings (SSSR count). The zero-order valence-electron chi connectivity index (χ0n) is 13.3. The van der Waals surface area contributed by atoms with E-state index in [0.717, 1.165) is 6.54 Å². The number of nitrogens with zero attached hydrogens (tertiary/aromatic N) is 2. The molecule has 0 amide bonds. The molecule has 0 bridgehead atoms. The highest BCUT2D eigenvalue weighted by atomic mass is 16.5. The second-order valence-corrected chi connectivity index (χ2v) is 7.01. The van der Waals surface area contributed by atoms with Gasteiger partial charge in [-0.1, -0.05) is 33.6 Å². The topological polar surface area (TPSA) is 39.1 Å². The summed E-state index contributed by atoms with van der Waals surface area (Å²) in [5.41, 5.74) is 0.208. The minimum atomic E-state index is 0.208. The van der Waals surface area contributed by atoms with E-state index in [1.54, 1.807) is 0 Å². The third-order valence-electron chi connectivity index (χ3n) is 4.42. The Morgan fingerprint density at radius 1 is 1.35 bits per heavy atom. The average molecular weight is 279 g/mol. The summed E-state index contributed by atoms with van der Waals surface area (Å²) < 4.78 is 7.83. The maximum Gasteiger partial charge on any atom is 0.0946 e. The van der Waals surface area contributed by atoms with E-state index in [1.807, 2.05) is 25.8 Å². The van der Waals surface area contributed by atoms with Crippen LogP contribution in [-0.2, 0) is 11.3 Å². The summed E-state index contributed by atoms with van der Waals surface area (Å²) in [6.45, 7) is 7.85. The molecule has 1 aromatic heterocycles. The van der Waals surface area contributed by atoms with Crippen LogP contribution in [0.2, 0.25) is 0 Å². The fourth-order valence-corrected chi connectivity index (χ4v) is 3.01. The van der Waals surface area contributed by atoms with E-state index in [2.05, 4.69) is 35.6 Å². The van der Waals surface area contributed by atoms with Crippen molar-refractivity contribution in [3.63, 3.8) is 0 Å². The highest BCUT2D eigenvalue weighted by Gasteiger charge is 2.31. The maximum atomic E-state index is 5.67. The van der Waals surface area contributed by atoms with Crippen molar-refractivity contribution in [2.75, 3.05) is 7.11 Å². The van der Waals surface area contributed by atoms with Gasteiger partial charge >= 0.3 is 0 Å². The summed E-state index contributed by atoms with van der Waals surface area (Å²) in [5.74, 6) is 0. The van der Waals surface area contributed by atoms with Crippen LogP contribution >= 0.6 is 0 Å².